The molecule has 1 unspecified atom stereocenters. The molecule has 3 rings (SSSR count). The first kappa shape index (κ1) is 13.6. The fraction of sp³-hybridized carbons (Fsp3) is 0.462. The van der Waals surface area contributed by atoms with Crippen molar-refractivity contribution in [1.82, 2.24) is 19.5 Å². The van der Waals surface area contributed by atoms with Crippen molar-refractivity contribution >= 4 is 17.2 Å². The highest BCUT2D eigenvalue weighted by molar-refractivity contribution is 5.84. The number of oxime groups is 1. The van der Waals surface area contributed by atoms with Gasteiger partial charge in [0.05, 0.1) is 12.2 Å². The Hall–Kier alpha value is -2.35. The zero-order valence-corrected chi connectivity index (χ0v) is 11.9. The van der Waals surface area contributed by atoms with Gasteiger partial charge in [0, 0.05) is 38.6 Å². The molecule has 3 heterocycles. The van der Waals surface area contributed by atoms with Crippen LogP contribution in [0.25, 0.3) is 5.52 Å². The van der Waals surface area contributed by atoms with Crippen molar-refractivity contribution in [2.24, 2.45) is 10.9 Å². The van der Waals surface area contributed by atoms with Crippen molar-refractivity contribution in [2.45, 2.75) is 13.0 Å². The second kappa shape index (κ2) is 5.57. The van der Waals surface area contributed by atoms with Gasteiger partial charge in [0.2, 0.25) is 0 Å². The van der Waals surface area contributed by atoms with Crippen LogP contribution in [0.5, 0.6) is 0 Å². The highest BCUT2D eigenvalue weighted by Gasteiger charge is 2.25. The Morgan fingerprint density at radius 3 is 2.81 bits per heavy atom. The van der Waals surface area contributed by atoms with Gasteiger partial charge in [0.15, 0.2) is 11.7 Å². The fourth-order valence-corrected chi connectivity index (χ4v) is 2.68. The van der Waals surface area contributed by atoms with Crippen molar-refractivity contribution in [3.05, 3.63) is 24.7 Å². The molecule has 0 amide bonds. The van der Waals surface area contributed by atoms with E-state index >= 15 is 0 Å². The first-order chi connectivity index (χ1) is 10.2. The van der Waals surface area contributed by atoms with Crippen molar-refractivity contribution in [3.63, 3.8) is 0 Å². The predicted molar refractivity (Wildman–Crippen MR) is 79.6 cm³/mol. The Kier molecular flexibility index (Phi) is 3.61. The normalized spacial score (nSPS) is 19.1. The summed E-state index contributed by atoms with van der Waals surface area (Å²) in [6, 6.07) is 1.91. The predicted octanol–water partition coefficient (Wildman–Crippen LogP) is -0.0138. The number of hydrogen-bond donors (Lipinski definition) is 2. The maximum atomic E-state index is 8.77. The third kappa shape index (κ3) is 2.49. The van der Waals surface area contributed by atoms with Crippen molar-refractivity contribution in [1.29, 1.82) is 0 Å². The van der Waals surface area contributed by atoms with Gasteiger partial charge in [-0.1, -0.05) is 5.16 Å². The lowest BCUT2D eigenvalue weighted by Crippen LogP contribution is -2.53. The van der Waals surface area contributed by atoms with Crippen LogP contribution in [-0.4, -0.2) is 62.8 Å². The van der Waals surface area contributed by atoms with Crippen molar-refractivity contribution in [3.8, 4) is 0 Å². The SMILES string of the molecule is CC(/C(N)=N/O)N1CCN(c2nccn3nccc23)CC1. The lowest BCUT2D eigenvalue weighted by molar-refractivity contribution is 0.230. The summed E-state index contributed by atoms with van der Waals surface area (Å²) in [6.07, 6.45) is 5.38. The smallest absolute Gasteiger partial charge is 0.156 e. The average Bonchev–Trinajstić information content (AvgIpc) is 3.02. The molecule has 21 heavy (non-hydrogen) atoms. The van der Waals surface area contributed by atoms with Crippen LogP contribution >= 0.6 is 0 Å². The van der Waals surface area contributed by atoms with Gasteiger partial charge in [-0.15, -0.1) is 0 Å². The average molecular weight is 289 g/mol. The van der Waals surface area contributed by atoms with Crippen LogP contribution in [0.1, 0.15) is 6.92 Å². The lowest BCUT2D eigenvalue weighted by atomic mass is 10.2. The number of anilines is 1. The molecule has 1 atom stereocenters. The maximum absolute atomic E-state index is 8.77. The first-order valence-corrected chi connectivity index (χ1v) is 6.95. The van der Waals surface area contributed by atoms with E-state index in [1.165, 1.54) is 0 Å². The molecule has 2 aromatic heterocycles. The summed E-state index contributed by atoms with van der Waals surface area (Å²) in [5, 5.41) is 16.1. The summed E-state index contributed by atoms with van der Waals surface area (Å²) in [7, 11) is 0. The largest absolute Gasteiger partial charge is 0.409 e. The zero-order valence-electron chi connectivity index (χ0n) is 11.9. The summed E-state index contributed by atoms with van der Waals surface area (Å²) in [6.45, 7) is 5.32. The Labute approximate surface area is 122 Å². The van der Waals surface area contributed by atoms with Crippen LogP contribution < -0.4 is 10.6 Å². The van der Waals surface area contributed by atoms with E-state index in [-0.39, 0.29) is 11.9 Å². The molecule has 1 fully saturated rings. The van der Waals surface area contributed by atoms with E-state index in [9.17, 15) is 0 Å². The van der Waals surface area contributed by atoms with Crippen LogP contribution in [0.2, 0.25) is 0 Å². The number of fused-ring (bicyclic) bond motifs is 1. The number of amidine groups is 1. The molecule has 112 valence electrons. The minimum Gasteiger partial charge on any atom is -0.409 e. The van der Waals surface area contributed by atoms with E-state index in [4.69, 9.17) is 10.9 Å². The molecule has 8 nitrogen and oxygen atoms in total. The van der Waals surface area contributed by atoms with Gasteiger partial charge in [-0.25, -0.2) is 9.50 Å². The molecule has 0 saturated carbocycles. The molecule has 0 aliphatic carbocycles. The number of aromatic nitrogens is 3. The van der Waals surface area contributed by atoms with Gasteiger partial charge in [-0.2, -0.15) is 5.10 Å². The molecule has 0 aromatic carbocycles. The van der Waals surface area contributed by atoms with E-state index < -0.39 is 0 Å². The van der Waals surface area contributed by atoms with Crippen LogP contribution in [0, 0.1) is 0 Å². The van der Waals surface area contributed by atoms with Crippen molar-refractivity contribution < 1.29 is 5.21 Å². The highest BCUT2D eigenvalue weighted by atomic mass is 16.4. The Balaban J connectivity index is 1.73. The van der Waals surface area contributed by atoms with Crippen LogP contribution in [0.3, 0.4) is 0 Å². The molecule has 0 spiro atoms. The molecule has 3 N–H and O–H groups in total. The van der Waals surface area contributed by atoms with Gasteiger partial charge < -0.3 is 15.8 Å². The number of nitrogens with two attached hydrogens (primary N) is 1. The summed E-state index contributed by atoms with van der Waals surface area (Å²) in [4.78, 5) is 8.92. The Morgan fingerprint density at radius 1 is 1.33 bits per heavy atom. The van der Waals surface area contributed by atoms with E-state index in [0.717, 1.165) is 37.5 Å². The van der Waals surface area contributed by atoms with E-state index in [1.807, 2.05) is 23.7 Å². The quantitative estimate of drug-likeness (QED) is 0.357. The summed E-state index contributed by atoms with van der Waals surface area (Å²) in [5.74, 6) is 1.20. The van der Waals surface area contributed by atoms with Gasteiger partial charge in [0.1, 0.15) is 5.52 Å². The first-order valence-electron chi connectivity index (χ1n) is 6.95. The van der Waals surface area contributed by atoms with Crippen LogP contribution in [-0.2, 0) is 0 Å². The van der Waals surface area contributed by atoms with Gasteiger partial charge in [-0.05, 0) is 13.0 Å². The van der Waals surface area contributed by atoms with Crippen molar-refractivity contribution in [2.75, 3.05) is 31.1 Å². The van der Waals surface area contributed by atoms with Crippen LogP contribution in [0.4, 0.5) is 5.82 Å². The molecule has 1 saturated heterocycles. The minimum absolute atomic E-state index is 0.0594. The third-order valence-electron chi connectivity index (χ3n) is 4.01. The topological polar surface area (TPSA) is 95.3 Å². The molecule has 8 heteroatoms. The Bertz CT molecular complexity index is 645. The molecular weight excluding hydrogens is 270 g/mol. The lowest BCUT2D eigenvalue weighted by Gasteiger charge is -2.38. The fourth-order valence-electron chi connectivity index (χ4n) is 2.68. The van der Waals surface area contributed by atoms with E-state index in [0.29, 0.717) is 0 Å². The minimum atomic E-state index is -0.0594. The van der Waals surface area contributed by atoms with E-state index in [2.05, 4.69) is 25.0 Å². The third-order valence-corrected chi connectivity index (χ3v) is 4.01. The number of rotatable bonds is 3. The summed E-state index contributed by atoms with van der Waals surface area (Å²) >= 11 is 0. The second-order valence-corrected chi connectivity index (χ2v) is 5.14. The number of piperazine rings is 1. The summed E-state index contributed by atoms with van der Waals surface area (Å²) in [5.41, 5.74) is 6.68. The molecule has 2 aromatic rings. The zero-order chi connectivity index (χ0) is 14.8. The van der Waals surface area contributed by atoms with Gasteiger partial charge in [-0.3, -0.25) is 4.90 Å². The number of nitrogens with zero attached hydrogens (tertiary/aromatic N) is 6. The van der Waals surface area contributed by atoms with Gasteiger partial charge >= 0.3 is 0 Å². The monoisotopic (exact) mass is 289 g/mol. The number of hydrogen-bond acceptors (Lipinski definition) is 6. The second-order valence-electron chi connectivity index (χ2n) is 5.14. The molecule has 1 aliphatic heterocycles. The highest BCUT2D eigenvalue weighted by Crippen LogP contribution is 2.20. The Morgan fingerprint density at radius 2 is 2.10 bits per heavy atom. The molecule has 1 aliphatic rings. The van der Waals surface area contributed by atoms with Crippen LogP contribution in [0.15, 0.2) is 29.8 Å². The summed E-state index contributed by atoms with van der Waals surface area (Å²) < 4.78 is 1.83. The molecule has 0 bridgehead atoms. The maximum Gasteiger partial charge on any atom is 0.156 e. The van der Waals surface area contributed by atoms with E-state index in [1.54, 1.807) is 12.4 Å². The molecular formula is C13H19N7O. The van der Waals surface area contributed by atoms with Gasteiger partial charge in [0.25, 0.3) is 0 Å². The standard InChI is InChI=1S/C13H19N7O/c1-10(12(14)17-21)18-6-8-19(9-7-18)13-11-2-3-16-20(11)5-4-15-13/h2-5,10,21H,6-9H2,1H3,(H2,14,17). The molecule has 0 radical (unpaired) electrons.